The minimum absolute atomic E-state index is 0.00810. The fourth-order valence-corrected chi connectivity index (χ4v) is 0.754. The van der Waals surface area contributed by atoms with Crippen LogP contribution in [0.5, 0.6) is 0 Å². The molecule has 0 spiro atoms. The topological polar surface area (TPSA) is 63.6 Å². The average molecular weight is 168 g/mol. The van der Waals surface area contributed by atoms with Gasteiger partial charge in [-0.15, -0.1) is 0 Å². The van der Waals surface area contributed by atoms with Gasteiger partial charge in [0.05, 0.1) is 6.61 Å². The molecule has 62 valence electrons. The average Bonchev–Trinajstić information content (AvgIpc) is 1.57. The van der Waals surface area contributed by atoms with Crippen LogP contribution in [0.3, 0.4) is 0 Å². The molecular weight excluding hydrogens is 156 g/mol. The van der Waals surface area contributed by atoms with Crippen LogP contribution in [0.15, 0.2) is 0 Å². The van der Waals surface area contributed by atoms with Gasteiger partial charge in [-0.05, 0) is 5.41 Å². The molecule has 0 radical (unpaired) electrons. The summed E-state index contributed by atoms with van der Waals surface area (Å²) < 4.78 is 32.3. The van der Waals surface area contributed by atoms with Crippen LogP contribution in [-0.2, 0) is 14.6 Å². The summed E-state index contributed by atoms with van der Waals surface area (Å²) in [6.07, 6.45) is 0. The van der Waals surface area contributed by atoms with Crippen molar-refractivity contribution < 1.29 is 17.2 Å². The highest BCUT2D eigenvalue weighted by atomic mass is 32.3. The Kier molecular flexibility index (Phi) is 2.82. The van der Waals surface area contributed by atoms with Crippen LogP contribution < -0.4 is 0 Å². The molecule has 0 fully saturated rings. The van der Waals surface area contributed by atoms with E-state index in [1.54, 1.807) is 20.8 Å². The molecule has 0 aliphatic rings. The lowest BCUT2D eigenvalue weighted by Crippen LogP contribution is -2.17. The van der Waals surface area contributed by atoms with E-state index in [-0.39, 0.29) is 12.0 Å². The van der Waals surface area contributed by atoms with E-state index in [0.717, 1.165) is 0 Å². The molecule has 0 saturated carbocycles. The number of rotatable bonds is 2. The minimum Gasteiger partial charge on any atom is -0.264 e. The van der Waals surface area contributed by atoms with Crippen molar-refractivity contribution in [3.63, 3.8) is 0 Å². The molecule has 0 aromatic rings. The Labute approximate surface area is 61.2 Å². The van der Waals surface area contributed by atoms with Crippen molar-refractivity contribution in [3.8, 4) is 0 Å². The summed E-state index contributed by atoms with van der Waals surface area (Å²) in [4.78, 5) is 0. The van der Waals surface area contributed by atoms with Gasteiger partial charge in [0.15, 0.2) is 0 Å². The second kappa shape index (κ2) is 2.86. The van der Waals surface area contributed by atoms with E-state index in [1.807, 2.05) is 0 Å². The van der Waals surface area contributed by atoms with E-state index in [2.05, 4.69) is 4.18 Å². The van der Waals surface area contributed by atoms with Crippen LogP contribution in [-0.4, -0.2) is 19.6 Å². The third-order valence-corrected chi connectivity index (χ3v) is 1.06. The fraction of sp³-hybridized carbons (Fsp3) is 1.00. The SMILES string of the molecule is CC(C)(C)COS(=O)(=O)O. The minimum atomic E-state index is -4.26. The molecule has 0 aromatic heterocycles. The zero-order valence-corrected chi connectivity index (χ0v) is 7.10. The Balaban J connectivity index is 3.79. The van der Waals surface area contributed by atoms with Crippen LogP contribution in [0.1, 0.15) is 20.8 Å². The standard InChI is InChI=1S/C5H12O4S/c1-5(2,3)4-9-10(6,7)8/h4H2,1-3H3,(H,6,7,8). The monoisotopic (exact) mass is 168 g/mol. The van der Waals surface area contributed by atoms with Crippen LogP contribution in [0.4, 0.5) is 0 Å². The maximum absolute atomic E-state index is 10.0. The Bertz CT molecular complexity index is 186. The van der Waals surface area contributed by atoms with Crippen molar-refractivity contribution in [2.24, 2.45) is 5.41 Å². The fourth-order valence-electron chi connectivity index (χ4n) is 0.251. The zero-order valence-electron chi connectivity index (χ0n) is 6.29. The van der Waals surface area contributed by atoms with Crippen molar-refractivity contribution in [2.45, 2.75) is 20.8 Å². The second-order valence-corrected chi connectivity index (χ2v) is 4.34. The summed E-state index contributed by atoms with van der Waals surface area (Å²) in [5.41, 5.74) is -0.254. The maximum Gasteiger partial charge on any atom is 0.397 e. The molecule has 5 heteroatoms. The van der Waals surface area contributed by atoms with E-state index < -0.39 is 10.4 Å². The predicted octanol–water partition coefficient (Wildman–Crippen LogP) is 0.852. The van der Waals surface area contributed by atoms with E-state index in [9.17, 15) is 8.42 Å². The first-order chi connectivity index (χ1) is 4.21. The number of hydrogen-bond donors (Lipinski definition) is 1. The second-order valence-electron chi connectivity index (χ2n) is 3.25. The van der Waals surface area contributed by atoms with Gasteiger partial charge in [0.2, 0.25) is 0 Å². The molecule has 0 heterocycles. The van der Waals surface area contributed by atoms with Crippen molar-refractivity contribution in [3.05, 3.63) is 0 Å². The highest BCUT2D eigenvalue weighted by Crippen LogP contribution is 2.13. The van der Waals surface area contributed by atoms with Gasteiger partial charge < -0.3 is 0 Å². The molecule has 0 saturated heterocycles. The van der Waals surface area contributed by atoms with E-state index >= 15 is 0 Å². The van der Waals surface area contributed by atoms with E-state index in [1.165, 1.54) is 0 Å². The van der Waals surface area contributed by atoms with Crippen LogP contribution >= 0.6 is 0 Å². The first-order valence-electron chi connectivity index (χ1n) is 2.82. The first-order valence-corrected chi connectivity index (χ1v) is 4.19. The van der Waals surface area contributed by atoms with Crippen LogP contribution in [0.25, 0.3) is 0 Å². The Morgan fingerprint density at radius 2 is 1.80 bits per heavy atom. The molecule has 10 heavy (non-hydrogen) atoms. The predicted molar refractivity (Wildman–Crippen MR) is 37.0 cm³/mol. The summed E-state index contributed by atoms with van der Waals surface area (Å²) >= 11 is 0. The van der Waals surface area contributed by atoms with Gasteiger partial charge in [0, 0.05) is 0 Å². The maximum atomic E-state index is 10.0. The van der Waals surface area contributed by atoms with Gasteiger partial charge in [-0.1, -0.05) is 20.8 Å². The Hall–Kier alpha value is -0.130. The normalized spacial score (nSPS) is 13.6. The molecule has 0 aromatic carbocycles. The van der Waals surface area contributed by atoms with E-state index in [0.29, 0.717) is 0 Å². The summed E-state index contributed by atoms with van der Waals surface area (Å²) in [6, 6.07) is 0. The lowest BCUT2D eigenvalue weighted by atomic mass is 9.99. The molecule has 0 aliphatic carbocycles. The third-order valence-electron chi connectivity index (χ3n) is 0.641. The number of hydrogen-bond acceptors (Lipinski definition) is 3. The van der Waals surface area contributed by atoms with Crippen molar-refractivity contribution >= 4 is 10.4 Å². The largest absolute Gasteiger partial charge is 0.397 e. The molecule has 1 N–H and O–H groups in total. The Morgan fingerprint density at radius 3 is 1.90 bits per heavy atom. The molecule has 4 nitrogen and oxygen atoms in total. The van der Waals surface area contributed by atoms with Crippen LogP contribution in [0.2, 0.25) is 0 Å². The lowest BCUT2D eigenvalue weighted by Gasteiger charge is -2.15. The highest BCUT2D eigenvalue weighted by Gasteiger charge is 2.14. The molecule has 0 atom stereocenters. The van der Waals surface area contributed by atoms with Crippen molar-refractivity contribution in [2.75, 3.05) is 6.61 Å². The summed E-state index contributed by atoms with van der Waals surface area (Å²) in [6.45, 7) is 5.40. The van der Waals surface area contributed by atoms with Crippen molar-refractivity contribution in [1.82, 2.24) is 0 Å². The molecule has 0 amide bonds. The molecular formula is C5H12O4S. The smallest absolute Gasteiger partial charge is 0.264 e. The third kappa shape index (κ3) is 7.87. The Morgan fingerprint density at radius 1 is 1.40 bits per heavy atom. The van der Waals surface area contributed by atoms with Crippen LogP contribution in [0, 0.1) is 5.41 Å². The quantitative estimate of drug-likeness (QED) is 0.621. The molecule has 0 bridgehead atoms. The van der Waals surface area contributed by atoms with Gasteiger partial charge in [0.25, 0.3) is 0 Å². The van der Waals surface area contributed by atoms with E-state index in [4.69, 9.17) is 4.55 Å². The van der Waals surface area contributed by atoms with Gasteiger partial charge in [-0.25, -0.2) is 4.18 Å². The summed E-state index contributed by atoms with van der Waals surface area (Å²) in [5.74, 6) is 0. The molecule has 0 unspecified atom stereocenters. The lowest BCUT2D eigenvalue weighted by molar-refractivity contribution is 0.181. The van der Waals surface area contributed by atoms with Gasteiger partial charge >= 0.3 is 10.4 Å². The molecule has 0 rings (SSSR count). The summed E-state index contributed by atoms with van der Waals surface area (Å²) in [5, 5.41) is 0. The molecule has 0 aliphatic heterocycles. The highest BCUT2D eigenvalue weighted by molar-refractivity contribution is 7.80. The van der Waals surface area contributed by atoms with Gasteiger partial charge in [-0.2, -0.15) is 8.42 Å². The van der Waals surface area contributed by atoms with Gasteiger partial charge in [0.1, 0.15) is 0 Å². The summed E-state index contributed by atoms with van der Waals surface area (Å²) in [7, 11) is -4.26. The van der Waals surface area contributed by atoms with Crippen molar-refractivity contribution in [1.29, 1.82) is 0 Å². The first kappa shape index (κ1) is 9.87. The zero-order chi connectivity index (χ0) is 8.41. The van der Waals surface area contributed by atoms with Gasteiger partial charge in [-0.3, -0.25) is 4.55 Å².